The number of nitrogens with zero attached hydrogens (tertiary/aromatic N) is 1. The van der Waals surface area contributed by atoms with Gasteiger partial charge in [-0.2, -0.15) is 0 Å². The van der Waals surface area contributed by atoms with Crippen molar-refractivity contribution < 1.29 is 9.59 Å². The third kappa shape index (κ3) is 3.51. The van der Waals surface area contributed by atoms with Crippen molar-refractivity contribution in [2.24, 2.45) is 5.92 Å². The van der Waals surface area contributed by atoms with Crippen LogP contribution in [0.5, 0.6) is 0 Å². The average molecular weight is 387 g/mol. The summed E-state index contributed by atoms with van der Waals surface area (Å²) in [5, 5.41) is 2.90. The zero-order valence-corrected chi connectivity index (χ0v) is 15.0. The molecule has 1 aliphatic rings. The predicted molar refractivity (Wildman–Crippen MR) is 99.1 cm³/mol. The van der Waals surface area contributed by atoms with E-state index >= 15 is 0 Å². The van der Waals surface area contributed by atoms with Crippen LogP contribution in [0.15, 0.2) is 53.0 Å². The highest BCUT2D eigenvalue weighted by Gasteiger charge is 2.35. The molecular formula is C19H19BrN2O2. The summed E-state index contributed by atoms with van der Waals surface area (Å²) in [6.07, 6.45) is 1.21. The molecule has 1 unspecified atom stereocenters. The van der Waals surface area contributed by atoms with E-state index in [0.717, 1.165) is 22.3 Å². The summed E-state index contributed by atoms with van der Waals surface area (Å²) in [7, 11) is 0. The third-order valence-electron chi connectivity index (χ3n) is 4.28. The fourth-order valence-corrected chi connectivity index (χ4v) is 3.23. The number of anilines is 2. The van der Waals surface area contributed by atoms with Gasteiger partial charge in [-0.3, -0.25) is 9.59 Å². The van der Waals surface area contributed by atoms with Gasteiger partial charge in [0.2, 0.25) is 11.8 Å². The molecule has 5 heteroatoms. The van der Waals surface area contributed by atoms with Crippen LogP contribution < -0.4 is 10.2 Å². The Labute approximate surface area is 150 Å². The van der Waals surface area contributed by atoms with Crippen molar-refractivity contribution in [3.05, 3.63) is 58.6 Å². The number of benzene rings is 2. The van der Waals surface area contributed by atoms with Crippen LogP contribution >= 0.6 is 15.9 Å². The lowest BCUT2D eigenvalue weighted by atomic mass is 10.1. The first-order valence-corrected chi connectivity index (χ1v) is 8.82. The molecule has 0 aliphatic carbocycles. The highest BCUT2D eigenvalue weighted by Crippen LogP contribution is 2.28. The Hall–Kier alpha value is -2.14. The van der Waals surface area contributed by atoms with Gasteiger partial charge in [-0.1, -0.05) is 31.2 Å². The predicted octanol–water partition coefficient (Wildman–Crippen LogP) is 4.00. The first-order valence-electron chi connectivity index (χ1n) is 8.03. The van der Waals surface area contributed by atoms with E-state index in [1.54, 1.807) is 4.90 Å². The molecule has 3 rings (SSSR count). The lowest BCUT2D eigenvalue weighted by Gasteiger charge is -2.17. The largest absolute Gasteiger partial charge is 0.325 e. The molecular weight excluding hydrogens is 368 g/mol. The van der Waals surface area contributed by atoms with Crippen LogP contribution in [0, 0.1) is 5.92 Å². The summed E-state index contributed by atoms with van der Waals surface area (Å²) in [4.78, 5) is 26.5. The van der Waals surface area contributed by atoms with Crippen molar-refractivity contribution in [1.82, 2.24) is 0 Å². The standard InChI is InChI=1S/C19H19BrN2O2/c1-2-13-7-9-15(10-8-13)22-12-14(11-18(22)23)19(24)21-17-6-4-3-5-16(17)20/h3-10,14H,2,11-12H2,1H3,(H,21,24). The molecule has 1 saturated heterocycles. The maximum atomic E-state index is 12.5. The van der Waals surface area contributed by atoms with E-state index < -0.39 is 0 Å². The van der Waals surface area contributed by atoms with Gasteiger partial charge in [-0.05, 0) is 52.2 Å². The van der Waals surface area contributed by atoms with E-state index in [1.807, 2.05) is 48.5 Å². The fourth-order valence-electron chi connectivity index (χ4n) is 2.84. The number of nitrogens with one attached hydrogen (secondary N) is 1. The Morgan fingerprint density at radius 1 is 1.21 bits per heavy atom. The van der Waals surface area contributed by atoms with Gasteiger partial charge in [0.25, 0.3) is 0 Å². The van der Waals surface area contributed by atoms with E-state index in [4.69, 9.17) is 0 Å². The molecule has 1 heterocycles. The van der Waals surface area contributed by atoms with Crippen molar-refractivity contribution in [1.29, 1.82) is 0 Å². The SMILES string of the molecule is CCc1ccc(N2CC(C(=O)Nc3ccccc3Br)CC2=O)cc1. The van der Waals surface area contributed by atoms with E-state index in [9.17, 15) is 9.59 Å². The molecule has 124 valence electrons. The van der Waals surface area contributed by atoms with Gasteiger partial charge >= 0.3 is 0 Å². The summed E-state index contributed by atoms with van der Waals surface area (Å²) in [6, 6.07) is 15.4. The summed E-state index contributed by atoms with van der Waals surface area (Å²) in [5.74, 6) is -0.468. The minimum absolute atomic E-state index is 0.00785. The smallest absolute Gasteiger partial charge is 0.229 e. The molecule has 0 saturated carbocycles. The highest BCUT2D eigenvalue weighted by atomic mass is 79.9. The van der Waals surface area contributed by atoms with Gasteiger partial charge in [0.15, 0.2) is 0 Å². The zero-order valence-electron chi connectivity index (χ0n) is 13.5. The lowest BCUT2D eigenvalue weighted by Crippen LogP contribution is -2.28. The quantitative estimate of drug-likeness (QED) is 0.862. The molecule has 0 aromatic heterocycles. The van der Waals surface area contributed by atoms with E-state index in [0.29, 0.717) is 6.54 Å². The molecule has 1 atom stereocenters. The molecule has 0 spiro atoms. The van der Waals surface area contributed by atoms with Crippen LogP contribution in [0.2, 0.25) is 0 Å². The second kappa shape index (κ2) is 7.18. The number of para-hydroxylation sites is 1. The number of hydrogen-bond acceptors (Lipinski definition) is 2. The molecule has 4 nitrogen and oxygen atoms in total. The Morgan fingerprint density at radius 3 is 2.58 bits per heavy atom. The molecule has 24 heavy (non-hydrogen) atoms. The second-order valence-corrected chi connectivity index (χ2v) is 6.75. The maximum Gasteiger partial charge on any atom is 0.229 e. The topological polar surface area (TPSA) is 49.4 Å². The summed E-state index contributed by atoms with van der Waals surface area (Å²) >= 11 is 3.42. The summed E-state index contributed by atoms with van der Waals surface area (Å²) < 4.78 is 0.828. The molecule has 2 amide bonds. The Bertz CT molecular complexity index is 758. The van der Waals surface area contributed by atoms with Crippen LogP contribution in [0.3, 0.4) is 0 Å². The van der Waals surface area contributed by atoms with Gasteiger partial charge in [0.1, 0.15) is 0 Å². The third-order valence-corrected chi connectivity index (χ3v) is 4.98. The van der Waals surface area contributed by atoms with Gasteiger partial charge in [0.05, 0.1) is 11.6 Å². The minimum atomic E-state index is -0.338. The van der Waals surface area contributed by atoms with Crippen molar-refractivity contribution in [3.63, 3.8) is 0 Å². The fraction of sp³-hybridized carbons (Fsp3) is 0.263. The van der Waals surface area contributed by atoms with Gasteiger partial charge < -0.3 is 10.2 Å². The van der Waals surface area contributed by atoms with E-state index in [2.05, 4.69) is 28.2 Å². The number of carbonyl (C=O) groups excluding carboxylic acids is 2. The Morgan fingerprint density at radius 2 is 1.92 bits per heavy atom. The molecule has 1 aliphatic heterocycles. The summed E-state index contributed by atoms with van der Waals surface area (Å²) in [6.45, 7) is 2.51. The second-order valence-electron chi connectivity index (χ2n) is 5.89. The molecule has 1 fully saturated rings. The first-order chi connectivity index (χ1) is 11.6. The number of halogens is 1. The van der Waals surface area contributed by atoms with Crippen LogP contribution in [-0.2, 0) is 16.0 Å². The molecule has 2 aromatic rings. The minimum Gasteiger partial charge on any atom is -0.325 e. The van der Waals surface area contributed by atoms with Crippen LogP contribution in [0.25, 0.3) is 0 Å². The van der Waals surface area contributed by atoms with Crippen LogP contribution in [-0.4, -0.2) is 18.4 Å². The Kier molecular flexibility index (Phi) is 5.00. The van der Waals surface area contributed by atoms with Crippen molar-refractivity contribution in [3.8, 4) is 0 Å². The number of amides is 2. The van der Waals surface area contributed by atoms with Crippen molar-refractivity contribution in [2.45, 2.75) is 19.8 Å². The first kappa shape index (κ1) is 16.7. The molecule has 2 aromatic carbocycles. The zero-order chi connectivity index (χ0) is 17.1. The van der Waals surface area contributed by atoms with Crippen LogP contribution in [0.4, 0.5) is 11.4 Å². The van der Waals surface area contributed by atoms with Crippen LogP contribution in [0.1, 0.15) is 18.9 Å². The number of hydrogen-bond donors (Lipinski definition) is 1. The van der Waals surface area contributed by atoms with Gasteiger partial charge in [0, 0.05) is 23.1 Å². The molecule has 0 bridgehead atoms. The van der Waals surface area contributed by atoms with E-state index in [1.165, 1.54) is 5.56 Å². The number of aryl methyl sites for hydroxylation is 1. The summed E-state index contributed by atoms with van der Waals surface area (Å²) in [5.41, 5.74) is 2.81. The van der Waals surface area contributed by atoms with Gasteiger partial charge in [-0.15, -0.1) is 0 Å². The maximum absolute atomic E-state index is 12.5. The monoisotopic (exact) mass is 386 g/mol. The average Bonchev–Trinajstić information content (AvgIpc) is 2.99. The van der Waals surface area contributed by atoms with Crippen molar-refractivity contribution in [2.75, 3.05) is 16.8 Å². The number of carbonyl (C=O) groups is 2. The van der Waals surface area contributed by atoms with E-state index in [-0.39, 0.29) is 24.2 Å². The highest BCUT2D eigenvalue weighted by molar-refractivity contribution is 9.10. The lowest BCUT2D eigenvalue weighted by molar-refractivity contribution is -0.122. The van der Waals surface area contributed by atoms with Crippen molar-refractivity contribution >= 4 is 39.1 Å². The van der Waals surface area contributed by atoms with Gasteiger partial charge in [-0.25, -0.2) is 0 Å². The molecule has 0 radical (unpaired) electrons. The molecule has 1 N–H and O–H groups in total. The Balaban J connectivity index is 1.69. The number of rotatable bonds is 4. The normalized spacial score (nSPS) is 17.2.